The van der Waals surface area contributed by atoms with Crippen LogP contribution in [0.25, 0.3) is 11.1 Å². The quantitative estimate of drug-likeness (QED) is 0.492. The molecule has 0 saturated carbocycles. The van der Waals surface area contributed by atoms with Gasteiger partial charge in [0.05, 0.1) is 5.56 Å². The molecule has 1 aromatic carbocycles. The first kappa shape index (κ1) is 10.6. The number of pyridine rings is 1. The molecule has 0 fully saturated rings. The Balaban J connectivity index is 2.57. The molecule has 1 heterocycles. The summed E-state index contributed by atoms with van der Waals surface area (Å²) >= 11 is 5.75. The molecule has 0 aliphatic rings. The first-order valence-corrected chi connectivity index (χ1v) is 5.06. The molecule has 1 aromatic heterocycles. The smallest absolute Gasteiger partial charge is 0.153 e. The third-order valence-electron chi connectivity index (χ3n) is 2.26. The van der Waals surface area contributed by atoms with Gasteiger partial charge >= 0.3 is 0 Å². The highest BCUT2D eigenvalue weighted by Gasteiger charge is 2.06. The predicted molar refractivity (Wildman–Crippen MR) is 64.5 cm³/mol. The Morgan fingerprint density at radius 3 is 2.75 bits per heavy atom. The molecule has 0 saturated heterocycles. The minimum atomic E-state index is 0.202. The average molecular weight is 233 g/mol. The third-order valence-corrected chi connectivity index (χ3v) is 2.58. The second-order valence-electron chi connectivity index (χ2n) is 3.31. The minimum absolute atomic E-state index is 0.202. The molecule has 0 spiro atoms. The zero-order valence-corrected chi connectivity index (χ0v) is 9.11. The Morgan fingerprint density at radius 1 is 1.31 bits per heavy atom. The molecule has 0 amide bonds. The molecule has 0 aliphatic carbocycles. The fourth-order valence-corrected chi connectivity index (χ4v) is 1.60. The number of aromatic nitrogens is 1. The van der Waals surface area contributed by atoms with Gasteiger partial charge in [-0.2, -0.15) is 0 Å². The molecule has 2 aromatic rings. The monoisotopic (exact) mass is 232 g/mol. The lowest BCUT2D eigenvalue weighted by atomic mass is 10.0. The van der Waals surface area contributed by atoms with E-state index in [0.29, 0.717) is 17.5 Å². The molecule has 0 radical (unpaired) electrons. The van der Waals surface area contributed by atoms with Crippen LogP contribution in [0.4, 0.5) is 5.69 Å². The number of benzene rings is 1. The summed E-state index contributed by atoms with van der Waals surface area (Å²) in [5.41, 5.74) is 8.46. The second-order valence-corrected chi connectivity index (χ2v) is 3.67. The fraction of sp³-hybridized carbons (Fsp3) is 0. The lowest BCUT2D eigenvalue weighted by Crippen LogP contribution is -1.92. The van der Waals surface area contributed by atoms with Crippen LogP contribution in [0.2, 0.25) is 5.15 Å². The molecule has 0 aliphatic heterocycles. The number of halogens is 1. The van der Waals surface area contributed by atoms with Crippen LogP contribution in [-0.2, 0) is 0 Å². The number of aldehydes is 1. The summed E-state index contributed by atoms with van der Waals surface area (Å²) < 4.78 is 0. The summed E-state index contributed by atoms with van der Waals surface area (Å²) in [5, 5.41) is 0.202. The largest absolute Gasteiger partial charge is 0.398 e. The van der Waals surface area contributed by atoms with Crippen LogP contribution in [0.15, 0.2) is 36.5 Å². The van der Waals surface area contributed by atoms with Gasteiger partial charge in [-0.1, -0.05) is 29.8 Å². The van der Waals surface area contributed by atoms with E-state index in [1.54, 1.807) is 18.3 Å². The summed E-state index contributed by atoms with van der Waals surface area (Å²) in [6.45, 7) is 0. The maximum atomic E-state index is 10.7. The Morgan fingerprint density at radius 2 is 2.06 bits per heavy atom. The molecule has 0 bridgehead atoms. The van der Waals surface area contributed by atoms with E-state index in [2.05, 4.69) is 4.98 Å². The number of nitrogens with zero attached hydrogens (tertiary/aromatic N) is 1. The van der Waals surface area contributed by atoms with Crippen molar-refractivity contribution in [3.63, 3.8) is 0 Å². The van der Waals surface area contributed by atoms with Crippen LogP contribution in [-0.4, -0.2) is 11.3 Å². The number of para-hydroxylation sites is 1. The zero-order chi connectivity index (χ0) is 11.5. The highest BCUT2D eigenvalue weighted by molar-refractivity contribution is 6.31. The first-order chi connectivity index (χ1) is 7.72. The lowest BCUT2D eigenvalue weighted by molar-refractivity contribution is 0.112. The minimum Gasteiger partial charge on any atom is -0.398 e. The van der Waals surface area contributed by atoms with Gasteiger partial charge in [-0.3, -0.25) is 4.79 Å². The van der Waals surface area contributed by atoms with Crippen LogP contribution in [0.5, 0.6) is 0 Å². The van der Waals surface area contributed by atoms with Gasteiger partial charge in [0.1, 0.15) is 5.15 Å². The van der Waals surface area contributed by atoms with Gasteiger partial charge in [-0.05, 0) is 12.1 Å². The van der Waals surface area contributed by atoms with Crippen molar-refractivity contribution < 1.29 is 4.79 Å². The van der Waals surface area contributed by atoms with E-state index in [-0.39, 0.29) is 5.15 Å². The van der Waals surface area contributed by atoms with Gasteiger partial charge < -0.3 is 5.73 Å². The fourth-order valence-electron chi connectivity index (χ4n) is 1.45. The van der Waals surface area contributed by atoms with Crippen molar-refractivity contribution in [3.05, 3.63) is 47.2 Å². The summed E-state index contributed by atoms with van der Waals surface area (Å²) in [6.07, 6.45) is 2.28. The molecule has 16 heavy (non-hydrogen) atoms. The molecular formula is C12H9ClN2O. The van der Waals surface area contributed by atoms with Gasteiger partial charge in [-0.15, -0.1) is 0 Å². The van der Waals surface area contributed by atoms with E-state index in [0.717, 1.165) is 11.1 Å². The molecule has 0 unspecified atom stereocenters. The number of carbonyl (C=O) groups is 1. The van der Waals surface area contributed by atoms with E-state index < -0.39 is 0 Å². The van der Waals surface area contributed by atoms with Crippen LogP contribution < -0.4 is 5.73 Å². The van der Waals surface area contributed by atoms with Crippen molar-refractivity contribution in [2.24, 2.45) is 0 Å². The van der Waals surface area contributed by atoms with E-state index in [1.807, 2.05) is 18.2 Å². The van der Waals surface area contributed by atoms with Gasteiger partial charge in [0.2, 0.25) is 0 Å². The normalized spacial score (nSPS) is 10.1. The maximum Gasteiger partial charge on any atom is 0.153 e. The van der Waals surface area contributed by atoms with Crippen molar-refractivity contribution in [2.45, 2.75) is 0 Å². The zero-order valence-electron chi connectivity index (χ0n) is 8.35. The Bertz CT molecular complexity index is 540. The standard InChI is InChI=1S/C12H9ClN2O/c13-12-9(7-16)5-8(6-15-12)10-3-1-2-4-11(10)14/h1-7H,14H2. The number of nitrogen functional groups attached to an aromatic ring is 1. The summed E-state index contributed by atoms with van der Waals surface area (Å²) in [4.78, 5) is 14.7. The van der Waals surface area contributed by atoms with Crippen molar-refractivity contribution >= 4 is 23.6 Å². The molecule has 2 N–H and O–H groups in total. The van der Waals surface area contributed by atoms with E-state index in [1.165, 1.54) is 0 Å². The first-order valence-electron chi connectivity index (χ1n) is 4.68. The Hall–Kier alpha value is -1.87. The number of rotatable bonds is 2. The number of nitrogens with two attached hydrogens (primary N) is 1. The van der Waals surface area contributed by atoms with Crippen molar-refractivity contribution in [2.75, 3.05) is 5.73 Å². The number of carbonyl (C=O) groups excluding carboxylic acids is 1. The molecular weight excluding hydrogens is 224 g/mol. The lowest BCUT2D eigenvalue weighted by Gasteiger charge is -2.06. The summed E-state index contributed by atoms with van der Waals surface area (Å²) in [7, 11) is 0. The number of hydrogen-bond acceptors (Lipinski definition) is 3. The van der Waals surface area contributed by atoms with Gasteiger partial charge in [-0.25, -0.2) is 4.98 Å². The van der Waals surface area contributed by atoms with E-state index in [9.17, 15) is 4.79 Å². The summed E-state index contributed by atoms with van der Waals surface area (Å²) in [6, 6.07) is 9.07. The third kappa shape index (κ3) is 1.90. The number of hydrogen-bond donors (Lipinski definition) is 1. The molecule has 2 rings (SSSR count). The van der Waals surface area contributed by atoms with E-state index >= 15 is 0 Å². The second kappa shape index (κ2) is 4.33. The molecule has 0 atom stereocenters. The average Bonchev–Trinajstić information content (AvgIpc) is 2.31. The van der Waals surface area contributed by atoms with Gasteiger partial charge in [0.15, 0.2) is 6.29 Å². The SMILES string of the molecule is Nc1ccccc1-c1cnc(Cl)c(C=O)c1. The maximum absolute atomic E-state index is 10.7. The van der Waals surface area contributed by atoms with Crippen LogP contribution in [0.1, 0.15) is 10.4 Å². The van der Waals surface area contributed by atoms with Crippen molar-refractivity contribution in [1.29, 1.82) is 0 Å². The Kier molecular flexibility index (Phi) is 2.88. The van der Waals surface area contributed by atoms with E-state index in [4.69, 9.17) is 17.3 Å². The van der Waals surface area contributed by atoms with Crippen LogP contribution in [0, 0.1) is 0 Å². The Labute approximate surface area is 97.9 Å². The van der Waals surface area contributed by atoms with Crippen molar-refractivity contribution in [1.82, 2.24) is 4.98 Å². The highest BCUT2D eigenvalue weighted by Crippen LogP contribution is 2.26. The van der Waals surface area contributed by atoms with Crippen molar-refractivity contribution in [3.8, 4) is 11.1 Å². The summed E-state index contributed by atoms with van der Waals surface area (Å²) in [5.74, 6) is 0. The molecule has 4 heteroatoms. The van der Waals surface area contributed by atoms with Crippen LogP contribution in [0.3, 0.4) is 0 Å². The predicted octanol–water partition coefficient (Wildman–Crippen LogP) is 2.80. The van der Waals surface area contributed by atoms with Gasteiger partial charge in [0.25, 0.3) is 0 Å². The van der Waals surface area contributed by atoms with Crippen LogP contribution >= 0.6 is 11.6 Å². The topological polar surface area (TPSA) is 56.0 Å². The van der Waals surface area contributed by atoms with Gasteiger partial charge in [0, 0.05) is 23.0 Å². The highest BCUT2D eigenvalue weighted by atomic mass is 35.5. The molecule has 80 valence electrons. The molecule has 3 nitrogen and oxygen atoms in total. The number of anilines is 1.